The first kappa shape index (κ1) is 15.7. The maximum absolute atomic E-state index is 4.48. The average Bonchev–Trinajstić information content (AvgIpc) is 3.13. The van der Waals surface area contributed by atoms with Gasteiger partial charge < -0.3 is 4.90 Å². The van der Waals surface area contributed by atoms with Crippen molar-refractivity contribution >= 4 is 12.4 Å². The number of rotatable bonds is 4. The highest BCUT2D eigenvalue weighted by Gasteiger charge is 2.43. The van der Waals surface area contributed by atoms with Gasteiger partial charge in [-0.05, 0) is 45.7 Å². The third-order valence-electron chi connectivity index (χ3n) is 4.52. The average molecular weight is 297 g/mol. The Morgan fingerprint density at radius 2 is 1.95 bits per heavy atom. The van der Waals surface area contributed by atoms with E-state index in [9.17, 15) is 0 Å². The first-order chi connectivity index (χ1) is 9.13. The number of likely N-dealkylation sites (N-methyl/N-ethyl adjacent to an activating group) is 1. The van der Waals surface area contributed by atoms with Crippen LogP contribution in [-0.2, 0) is 6.54 Å². The van der Waals surface area contributed by atoms with Gasteiger partial charge in [0.15, 0.2) is 0 Å². The normalized spacial score (nSPS) is 26.8. The Bertz CT molecular complexity index is 420. The maximum Gasteiger partial charge on any atom is 0.0727 e. The number of aryl methyl sites for hydroxylation is 1. The van der Waals surface area contributed by atoms with Gasteiger partial charge in [0, 0.05) is 38.1 Å². The zero-order chi connectivity index (χ0) is 13.4. The van der Waals surface area contributed by atoms with Crippen molar-refractivity contribution in [3.8, 4) is 0 Å². The maximum atomic E-state index is 4.48. The Kier molecular flexibility index (Phi) is 4.99. The number of halogens is 1. The predicted octanol–water partition coefficient (Wildman–Crippen LogP) is 1.98. The fraction of sp³-hybridized carbons (Fsp3) is 0.733. The molecule has 2 aliphatic rings. The van der Waals surface area contributed by atoms with Gasteiger partial charge in [-0.2, -0.15) is 0 Å². The van der Waals surface area contributed by atoms with Gasteiger partial charge in [-0.15, -0.1) is 12.4 Å². The second kappa shape index (κ2) is 6.37. The molecule has 2 heterocycles. The summed E-state index contributed by atoms with van der Waals surface area (Å²) in [5.41, 5.74) is 2.09. The molecule has 1 aromatic heterocycles. The van der Waals surface area contributed by atoms with E-state index in [1.54, 1.807) is 0 Å². The smallest absolute Gasteiger partial charge is 0.0727 e. The zero-order valence-corrected chi connectivity index (χ0v) is 13.4. The van der Waals surface area contributed by atoms with E-state index in [0.717, 1.165) is 29.8 Å². The van der Waals surface area contributed by atoms with Crippen molar-refractivity contribution in [2.75, 3.05) is 27.2 Å². The Morgan fingerprint density at radius 3 is 2.50 bits per heavy atom. The van der Waals surface area contributed by atoms with Gasteiger partial charge in [-0.1, -0.05) is 0 Å². The lowest BCUT2D eigenvalue weighted by Crippen LogP contribution is -2.36. The van der Waals surface area contributed by atoms with E-state index in [0.29, 0.717) is 6.04 Å². The molecule has 1 aliphatic carbocycles. The van der Waals surface area contributed by atoms with Crippen molar-refractivity contribution < 1.29 is 0 Å². The molecule has 1 saturated heterocycles. The molecule has 1 aromatic rings. The SMILES string of the molecule is Cc1cnc(CN2C[C@H](C3CC3)[C@@H](N(C)C)C2)cn1.Cl. The van der Waals surface area contributed by atoms with Crippen molar-refractivity contribution in [1.29, 1.82) is 0 Å². The highest BCUT2D eigenvalue weighted by atomic mass is 35.5. The van der Waals surface area contributed by atoms with E-state index in [4.69, 9.17) is 0 Å². The lowest BCUT2D eigenvalue weighted by molar-refractivity contribution is 0.233. The van der Waals surface area contributed by atoms with Gasteiger partial charge >= 0.3 is 0 Å². The van der Waals surface area contributed by atoms with Gasteiger partial charge in [-0.3, -0.25) is 14.9 Å². The summed E-state index contributed by atoms with van der Waals surface area (Å²) in [7, 11) is 4.43. The van der Waals surface area contributed by atoms with Gasteiger partial charge in [-0.25, -0.2) is 0 Å². The second-order valence-electron chi connectivity index (χ2n) is 6.38. The number of likely N-dealkylation sites (tertiary alicyclic amines) is 1. The molecule has 0 unspecified atom stereocenters. The summed E-state index contributed by atoms with van der Waals surface area (Å²) in [6, 6.07) is 0.714. The lowest BCUT2D eigenvalue weighted by Gasteiger charge is -2.25. The van der Waals surface area contributed by atoms with E-state index in [2.05, 4.69) is 33.9 Å². The summed E-state index contributed by atoms with van der Waals surface area (Å²) in [6.45, 7) is 5.32. The Labute approximate surface area is 128 Å². The van der Waals surface area contributed by atoms with E-state index >= 15 is 0 Å². The number of hydrogen-bond donors (Lipinski definition) is 0. The largest absolute Gasteiger partial charge is 0.305 e. The Balaban J connectivity index is 0.00000147. The van der Waals surface area contributed by atoms with Crippen LogP contribution < -0.4 is 0 Å². The van der Waals surface area contributed by atoms with Gasteiger partial charge in [0.25, 0.3) is 0 Å². The van der Waals surface area contributed by atoms with Crippen LogP contribution in [0.1, 0.15) is 24.2 Å². The molecule has 0 aromatic carbocycles. The van der Waals surface area contributed by atoms with Crippen molar-refractivity contribution in [1.82, 2.24) is 19.8 Å². The van der Waals surface area contributed by atoms with Crippen molar-refractivity contribution in [2.45, 2.75) is 32.4 Å². The van der Waals surface area contributed by atoms with Crippen LogP contribution in [0.4, 0.5) is 0 Å². The van der Waals surface area contributed by atoms with Gasteiger partial charge in [0.2, 0.25) is 0 Å². The van der Waals surface area contributed by atoms with Crippen LogP contribution in [0, 0.1) is 18.8 Å². The van der Waals surface area contributed by atoms with Crippen molar-refractivity contribution in [3.05, 3.63) is 23.8 Å². The molecule has 3 rings (SSSR count). The molecule has 0 spiro atoms. The summed E-state index contributed by atoms with van der Waals surface area (Å²) in [6.07, 6.45) is 6.66. The third kappa shape index (κ3) is 3.48. The standard InChI is InChI=1S/C15H24N4.ClH/c1-11-6-17-13(7-16-11)8-19-9-14(12-4-5-12)15(10-19)18(2)3;/h6-7,12,14-15H,4-5,8-10H2,1-3H3;1H/t14-,15+;/m1./s1. The molecular weight excluding hydrogens is 272 g/mol. The number of hydrogen-bond acceptors (Lipinski definition) is 4. The van der Waals surface area contributed by atoms with Gasteiger partial charge in [0.1, 0.15) is 0 Å². The highest BCUT2D eigenvalue weighted by Crippen LogP contribution is 2.42. The van der Waals surface area contributed by atoms with Crippen molar-refractivity contribution in [2.24, 2.45) is 11.8 Å². The monoisotopic (exact) mass is 296 g/mol. The minimum atomic E-state index is 0. The number of aromatic nitrogens is 2. The second-order valence-corrected chi connectivity index (χ2v) is 6.38. The molecule has 20 heavy (non-hydrogen) atoms. The fourth-order valence-corrected chi connectivity index (χ4v) is 3.29. The first-order valence-corrected chi connectivity index (χ1v) is 7.30. The van der Waals surface area contributed by atoms with E-state index < -0.39 is 0 Å². The Hall–Kier alpha value is -0.710. The number of nitrogens with zero attached hydrogens (tertiary/aromatic N) is 4. The molecule has 0 N–H and O–H groups in total. The Morgan fingerprint density at radius 1 is 1.20 bits per heavy atom. The van der Waals surface area contributed by atoms with Crippen molar-refractivity contribution in [3.63, 3.8) is 0 Å². The molecule has 112 valence electrons. The molecule has 0 bridgehead atoms. The van der Waals surface area contributed by atoms with Crippen LogP contribution in [-0.4, -0.2) is 53.0 Å². The predicted molar refractivity (Wildman–Crippen MR) is 83.0 cm³/mol. The van der Waals surface area contributed by atoms with Crippen LogP contribution in [0.15, 0.2) is 12.4 Å². The van der Waals surface area contributed by atoms with E-state index in [-0.39, 0.29) is 12.4 Å². The first-order valence-electron chi connectivity index (χ1n) is 7.30. The molecule has 4 nitrogen and oxygen atoms in total. The summed E-state index contributed by atoms with van der Waals surface area (Å²) < 4.78 is 0. The molecule has 0 amide bonds. The molecule has 0 radical (unpaired) electrons. The molecule has 2 fully saturated rings. The molecule has 5 heteroatoms. The molecule has 1 aliphatic heterocycles. The van der Waals surface area contributed by atoms with E-state index in [1.165, 1.54) is 25.9 Å². The summed E-state index contributed by atoms with van der Waals surface area (Å²) in [4.78, 5) is 13.8. The van der Waals surface area contributed by atoms with Crippen LogP contribution in [0.25, 0.3) is 0 Å². The molecule has 1 saturated carbocycles. The minimum Gasteiger partial charge on any atom is -0.305 e. The minimum absolute atomic E-state index is 0. The summed E-state index contributed by atoms with van der Waals surface area (Å²) in [5, 5.41) is 0. The molecular formula is C15H25ClN4. The summed E-state index contributed by atoms with van der Waals surface area (Å²) in [5.74, 6) is 1.83. The topological polar surface area (TPSA) is 32.3 Å². The zero-order valence-electron chi connectivity index (χ0n) is 12.6. The fourth-order valence-electron chi connectivity index (χ4n) is 3.29. The highest BCUT2D eigenvalue weighted by molar-refractivity contribution is 5.85. The van der Waals surface area contributed by atoms with Gasteiger partial charge in [0.05, 0.1) is 11.4 Å². The van der Waals surface area contributed by atoms with Crippen LogP contribution in [0.2, 0.25) is 0 Å². The summed E-state index contributed by atoms with van der Waals surface area (Å²) >= 11 is 0. The van der Waals surface area contributed by atoms with E-state index in [1.807, 2.05) is 19.3 Å². The third-order valence-corrected chi connectivity index (χ3v) is 4.52. The van der Waals surface area contributed by atoms with Crippen LogP contribution in [0.3, 0.4) is 0 Å². The van der Waals surface area contributed by atoms with Crippen LogP contribution in [0.5, 0.6) is 0 Å². The quantitative estimate of drug-likeness (QED) is 0.850. The lowest BCUT2D eigenvalue weighted by atomic mass is 9.97. The van der Waals surface area contributed by atoms with Crippen LogP contribution >= 0.6 is 12.4 Å². The molecule has 2 atom stereocenters.